The molecule has 0 aliphatic carbocycles. The average molecular weight is 232 g/mol. The fourth-order valence-corrected chi connectivity index (χ4v) is 1.31. The zero-order valence-corrected chi connectivity index (χ0v) is 9.05. The van der Waals surface area contributed by atoms with Crippen LogP contribution in [0.3, 0.4) is 0 Å². The number of rotatable bonds is 2. The lowest BCUT2D eigenvalue weighted by molar-refractivity contribution is -0.131. The largest absolute Gasteiger partial charge is 0.423 e. The summed E-state index contributed by atoms with van der Waals surface area (Å²) in [4.78, 5) is 18.7. The lowest BCUT2D eigenvalue weighted by Crippen LogP contribution is -2.02. The van der Waals surface area contributed by atoms with Gasteiger partial charge < -0.3 is 4.74 Å². The highest BCUT2D eigenvalue weighted by Gasteiger charge is 2.04. The van der Waals surface area contributed by atoms with Crippen LogP contribution in [-0.4, -0.2) is 15.9 Å². The SMILES string of the molecule is CC(=O)Oc1cnc(-c2cccc(F)c2)nc1. The predicted octanol–water partition coefficient (Wildman–Crippen LogP) is 2.21. The number of aromatic nitrogens is 2. The standard InChI is InChI=1S/C12H9FN2O2/c1-8(16)17-11-6-14-12(15-7-11)9-3-2-4-10(13)5-9/h2-7H,1H3. The number of carbonyl (C=O) groups excluding carboxylic acids is 1. The van der Waals surface area contributed by atoms with Gasteiger partial charge in [-0.05, 0) is 12.1 Å². The van der Waals surface area contributed by atoms with E-state index < -0.39 is 5.97 Å². The number of carbonyl (C=O) groups is 1. The van der Waals surface area contributed by atoms with Gasteiger partial charge in [-0.2, -0.15) is 0 Å². The first-order valence-electron chi connectivity index (χ1n) is 4.91. The Morgan fingerprint density at radius 1 is 1.29 bits per heavy atom. The number of halogens is 1. The maximum Gasteiger partial charge on any atom is 0.308 e. The molecule has 0 spiro atoms. The summed E-state index contributed by atoms with van der Waals surface area (Å²) in [6.07, 6.45) is 2.74. The summed E-state index contributed by atoms with van der Waals surface area (Å²) in [5.74, 6) is -0.152. The van der Waals surface area contributed by atoms with Crippen LogP contribution in [-0.2, 0) is 4.79 Å². The molecule has 0 saturated heterocycles. The number of hydrogen-bond acceptors (Lipinski definition) is 4. The molecule has 0 amide bonds. The highest BCUT2D eigenvalue weighted by atomic mass is 19.1. The summed E-state index contributed by atoms with van der Waals surface area (Å²) in [7, 11) is 0. The molecule has 2 aromatic rings. The molecule has 2 rings (SSSR count). The van der Waals surface area contributed by atoms with E-state index in [9.17, 15) is 9.18 Å². The molecule has 0 fully saturated rings. The number of hydrogen-bond donors (Lipinski definition) is 0. The monoisotopic (exact) mass is 232 g/mol. The molecule has 1 aromatic carbocycles. The van der Waals surface area contributed by atoms with Crippen LogP contribution in [0.15, 0.2) is 36.7 Å². The maximum absolute atomic E-state index is 13.0. The van der Waals surface area contributed by atoms with E-state index in [2.05, 4.69) is 9.97 Å². The van der Waals surface area contributed by atoms with Crippen molar-refractivity contribution in [3.05, 3.63) is 42.5 Å². The van der Waals surface area contributed by atoms with Crippen LogP contribution in [0.1, 0.15) is 6.92 Å². The highest BCUT2D eigenvalue weighted by Crippen LogP contribution is 2.17. The lowest BCUT2D eigenvalue weighted by Gasteiger charge is -2.02. The van der Waals surface area contributed by atoms with Gasteiger partial charge >= 0.3 is 5.97 Å². The van der Waals surface area contributed by atoms with Crippen molar-refractivity contribution in [2.75, 3.05) is 0 Å². The van der Waals surface area contributed by atoms with Gasteiger partial charge in [0.1, 0.15) is 5.82 Å². The third-order valence-corrected chi connectivity index (χ3v) is 1.97. The number of esters is 1. The number of benzene rings is 1. The van der Waals surface area contributed by atoms with Crippen LogP contribution in [0.25, 0.3) is 11.4 Å². The molecule has 0 aliphatic rings. The van der Waals surface area contributed by atoms with E-state index in [1.807, 2.05) is 0 Å². The molecular weight excluding hydrogens is 223 g/mol. The van der Waals surface area contributed by atoms with E-state index in [0.717, 1.165) is 0 Å². The molecule has 0 bridgehead atoms. The Labute approximate surface area is 97.1 Å². The van der Waals surface area contributed by atoms with Crippen molar-refractivity contribution in [2.24, 2.45) is 0 Å². The molecule has 4 nitrogen and oxygen atoms in total. The van der Waals surface area contributed by atoms with Gasteiger partial charge in [0.25, 0.3) is 0 Å². The quantitative estimate of drug-likeness (QED) is 0.745. The zero-order chi connectivity index (χ0) is 12.3. The van der Waals surface area contributed by atoms with Gasteiger partial charge in [0.15, 0.2) is 11.6 Å². The summed E-state index contributed by atoms with van der Waals surface area (Å²) in [6.45, 7) is 1.29. The summed E-state index contributed by atoms with van der Waals surface area (Å²) in [5, 5.41) is 0. The Hall–Kier alpha value is -2.30. The molecule has 0 atom stereocenters. The second kappa shape index (κ2) is 4.69. The van der Waals surface area contributed by atoms with Gasteiger partial charge in [-0.25, -0.2) is 14.4 Å². The van der Waals surface area contributed by atoms with Gasteiger partial charge in [0.05, 0.1) is 12.4 Å². The van der Waals surface area contributed by atoms with E-state index in [-0.39, 0.29) is 11.6 Å². The molecule has 0 radical (unpaired) electrons. The van der Waals surface area contributed by atoms with Crippen molar-refractivity contribution in [3.8, 4) is 17.1 Å². The van der Waals surface area contributed by atoms with Crippen LogP contribution in [0.4, 0.5) is 4.39 Å². The van der Waals surface area contributed by atoms with Crippen LogP contribution in [0.5, 0.6) is 5.75 Å². The van der Waals surface area contributed by atoms with E-state index in [1.54, 1.807) is 12.1 Å². The van der Waals surface area contributed by atoms with Crippen molar-refractivity contribution >= 4 is 5.97 Å². The van der Waals surface area contributed by atoms with Crippen molar-refractivity contribution < 1.29 is 13.9 Å². The minimum Gasteiger partial charge on any atom is -0.423 e. The Morgan fingerprint density at radius 2 is 2.00 bits per heavy atom. The van der Waals surface area contributed by atoms with Crippen molar-refractivity contribution in [1.82, 2.24) is 9.97 Å². The molecule has 0 unspecified atom stereocenters. The molecular formula is C12H9FN2O2. The van der Waals surface area contributed by atoms with Crippen LogP contribution in [0, 0.1) is 5.82 Å². The summed E-state index contributed by atoms with van der Waals surface area (Å²) in [6, 6.07) is 5.95. The van der Waals surface area contributed by atoms with Crippen molar-refractivity contribution in [1.29, 1.82) is 0 Å². The normalized spacial score (nSPS) is 10.0. The molecule has 0 aliphatic heterocycles. The topological polar surface area (TPSA) is 52.1 Å². The minimum atomic E-state index is -0.438. The van der Waals surface area contributed by atoms with E-state index in [4.69, 9.17) is 4.74 Å². The first kappa shape index (κ1) is 11.2. The fourth-order valence-electron chi connectivity index (χ4n) is 1.31. The van der Waals surface area contributed by atoms with Gasteiger partial charge in [0.2, 0.25) is 0 Å². The molecule has 0 N–H and O–H groups in total. The van der Waals surface area contributed by atoms with E-state index in [1.165, 1.54) is 31.5 Å². The maximum atomic E-state index is 13.0. The summed E-state index contributed by atoms with van der Waals surface area (Å²) < 4.78 is 17.8. The van der Waals surface area contributed by atoms with Crippen LogP contribution < -0.4 is 4.74 Å². The van der Waals surface area contributed by atoms with Crippen LogP contribution in [0.2, 0.25) is 0 Å². The van der Waals surface area contributed by atoms with Crippen molar-refractivity contribution in [2.45, 2.75) is 6.92 Å². The van der Waals surface area contributed by atoms with Crippen molar-refractivity contribution in [3.63, 3.8) is 0 Å². The van der Waals surface area contributed by atoms with E-state index in [0.29, 0.717) is 11.4 Å². The first-order chi connectivity index (χ1) is 8.15. The molecule has 86 valence electrons. The minimum absolute atomic E-state index is 0.262. The third kappa shape index (κ3) is 2.84. The summed E-state index contributed by atoms with van der Waals surface area (Å²) in [5.41, 5.74) is 0.569. The second-order valence-electron chi connectivity index (χ2n) is 3.35. The van der Waals surface area contributed by atoms with E-state index >= 15 is 0 Å². The molecule has 1 aromatic heterocycles. The molecule has 17 heavy (non-hydrogen) atoms. The highest BCUT2D eigenvalue weighted by molar-refractivity contribution is 5.69. The predicted molar refractivity (Wildman–Crippen MR) is 58.7 cm³/mol. The first-order valence-corrected chi connectivity index (χ1v) is 4.91. The van der Waals surface area contributed by atoms with Gasteiger partial charge in [-0.15, -0.1) is 0 Å². The zero-order valence-electron chi connectivity index (χ0n) is 9.05. The Morgan fingerprint density at radius 3 is 2.59 bits per heavy atom. The van der Waals surface area contributed by atoms with Gasteiger partial charge in [-0.3, -0.25) is 4.79 Å². The molecule has 5 heteroatoms. The summed E-state index contributed by atoms with van der Waals surface area (Å²) >= 11 is 0. The Kier molecular flexibility index (Phi) is 3.09. The van der Waals surface area contributed by atoms with Crippen LogP contribution >= 0.6 is 0 Å². The number of nitrogens with zero attached hydrogens (tertiary/aromatic N) is 2. The Balaban J connectivity index is 2.26. The average Bonchev–Trinajstić information content (AvgIpc) is 2.29. The smallest absolute Gasteiger partial charge is 0.308 e. The molecule has 1 heterocycles. The fraction of sp³-hybridized carbons (Fsp3) is 0.0833. The third-order valence-electron chi connectivity index (χ3n) is 1.97. The second-order valence-corrected chi connectivity index (χ2v) is 3.35. The molecule has 0 saturated carbocycles. The Bertz CT molecular complexity index is 540. The lowest BCUT2D eigenvalue weighted by atomic mass is 10.2. The van der Waals surface area contributed by atoms with Gasteiger partial charge in [-0.1, -0.05) is 12.1 Å². The number of ether oxygens (including phenoxy) is 1. The van der Waals surface area contributed by atoms with Gasteiger partial charge in [0, 0.05) is 12.5 Å².